The van der Waals surface area contributed by atoms with E-state index >= 15 is 0 Å². The van der Waals surface area contributed by atoms with Crippen LogP contribution in [-0.2, 0) is 9.53 Å². The van der Waals surface area contributed by atoms with Crippen molar-refractivity contribution < 1.29 is 9.53 Å². The van der Waals surface area contributed by atoms with Crippen molar-refractivity contribution in [2.24, 2.45) is 0 Å². The number of hydrogen-bond donors (Lipinski definition) is 0. The molecule has 0 amide bonds. The van der Waals surface area contributed by atoms with E-state index in [1.165, 1.54) is 0 Å². The van der Waals surface area contributed by atoms with Crippen molar-refractivity contribution in [3.63, 3.8) is 0 Å². The smallest absolute Gasteiger partial charge is 0.305 e. The number of rotatable bonds is 5. The van der Waals surface area contributed by atoms with E-state index in [0.717, 1.165) is 19.3 Å². The Hall–Kier alpha value is -0.530. The monoisotopic (exact) mass is 174 g/mol. The molecule has 0 fully saturated rings. The van der Waals surface area contributed by atoms with Crippen LogP contribution in [0.4, 0.5) is 0 Å². The van der Waals surface area contributed by atoms with E-state index in [1.807, 2.05) is 20.8 Å². The number of carbonyl (C=O) groups excluding carboxylic acids is 1. The van der Waals surface area contributed by atoms with Crippen LogP contribution in [0.3, 0.4) is 0 Å². The number of carbonyl (C=O) groups is 1. The van der Waals surface area contributed by atoms with Gasteiger partial charge in [-0.25, -0.2) is 0 Å². The van der Waals surface area contributed by atoms with E-state index in [0.29, 0.717) is 13.0 Å². The van der Waals surface area contributed by atoms with Gasteiger partial charge in [-0.2, -0.15) is 0 Å². The second-order valence-electron chi connectivity index (χ2n) is 2.26. The molecule has 0 atom stereocenters. The summed E-state index contributed by atoms with van der Waals surface area (Å²) >= 11 is 0. The van der Waals surface area contributed by atoms with Crippen molar-refractivity contribution in [1.82, 2.24) is 0 Å². The summed E-state index contributed by atoms with van der Waals surface area (Å²) in [6.45, 7) is 8.45. The fraction of sp³-hybridized carbons (Fsp3) is 0.900. The van der Waals surface area contributed by atoms with E-state index in [9.17, 15) is 4.79 Å². The maximum absolute atomic E-state index is 10.7. The highest BCUT2D eigenvalue weighted by molar-refractivity contribution is 5.69. The number of hydrogen-bond acceptors (Lipinski definition) is 2. The molecule has 2 nitrogen and oxygen atoms in total. The molecule has 0 aromatic heterocycles. The summed E-state index contributed by atoms with van der Waals surface area (Å²) in [5.74, 6) is -0.0593. The minimum absolute atomic E-state index is 0.0593. The molecule has 0 aliphatic heterocycles. The van der Waals surface area contributed by atoms with Crippen molar-refractivity contribution in [2.75, 3.05) is 6.61 Å². The summed E-state index contributed by atoms with van der Waals surface area (Å²) in [6.07, 6.45) is 3.83. The van der Waals surface area contributed by atoms with Gasteiger partial charge in [0.15, 0.2) is 0 Å². The lowest BCUT2D eigenvalue weighted by Crippen LogP contribution is -2.02. The van der Waals surface area contributed by atoms with Crippen LogP contribution in [0.1, 0.15) is 53.4 Å². The summed E-state index contributed by atoms with van der Waals surface area (Å²) in [7, 11) is 0. The van der Waals surface area contributed by atoms with E-state index in [1.54, 1.807) is 0 Å². The highest BCUT2D eigenvalue weighted by Gasteiger charge is 1.98. The maximum atomic E-state index is 10.7. The van der Waals surface area contributed by atoms with Gasteiger partial charge in [0, 0.05) is 6.42 Å². The van der Waals surface area contributed by atoms with Gasteiger partial charge in [0.1, 0.15) is 0 Å². The van der Waals surface area contributed by atoms with Crippen LogP contribution in [0, 0.1) is 0 Å². The molecular weight excluding hydrogens is 152 g/mol. The molecule has 2 heteroatoms. The third-order valence-electron chi connectivity index (χ3n) is 1.29. The fourth-order valence-electron chi connectivity index (χ4n) is 0.752. The fourth-order valence-corrected chi connectivity index (χ4v) is 0.752. The highest BCUT2D eigenvalue weighted by atomic mass is 16.5. The molecule has 0 unspecified atom stereocenters. The molecule has 0 aromatic carbocycles. The molecule has 0 rings (SSSR count). The zero-order valence-electron chi connectivity index (χ0n) is 8.85. The van der Waals surface area contributed by atoms with E-state index < -0.39 is 0 Å². The lowest BCUT2D eigenvalue weighted by molar-refractivity contribution is -0.143. The topological polar surface area (TPSA) is 26.3 Å². The van der Waals surface area contributed by atoms with Gasteiger partial charge in [0.25, 0.3) is 0 Å². The predicted molar refractivity (Wildman–Crippen MR) is 52.1 cm³/mol. The van der Waals surface area contributed by atoms with Gasteiger partial charge < -0.3 is 4.74 Å². The molecule has 0 aliphatic rings. The summed E-state index contributed by atoms with van der Waals surface area (Å²) < 4.78 is 4.75. The lowest BCUT2D eigenvalue weighted by atomic mass is 10.2. The van der Waals surface area contributed by atoms with Crippen LogP contribution in [0.2, 0.25) is 0 Å². The van der Waals surface area contributed by atoms with Gasteiger partial charge in [0.05, 0.1) is 6.61 Å². The van der Waals surface area contributed by atoms with Crippen LogP contribution < -0.4 is 0 Å². The quantitative estimate of drug-likeness (QED) is 0.472. The first-order valence-corrected chi connectivity index (χ1v) is 4.96. The molecular formula is C10H22O2. The predicted octanol–water partition coefficient (Wildman–Crippen LogP) is 3.16. The molecule has 0 heterocycles. The van der Waals surface area contributed by atoms with Gasteiger partial charge >= 0.3 is 5.97 Å². The average molecular weight is 174 g/mol. The van der Waals surface area contributed by atoms with Gasteiger partial charge in [-0.1, -0.05) is 33.6 Å². The molecule has 74 valence electrons. The van der Waals surface area contributed by atoms with Gasteiger partial charge in [-0.05, 0) is 13.3 Å². The van der Waals surface area contributed by atoms with Crippen LogP contribution in [0.5, 0.6) is 0 Å². The Balaban J connectivity index is 0. The molecule has 0 radical (unpaired) electrons. The Labute approximate surface area is 76.3 Å². The zero-order valence-corrected chi connectivity index (χ0v) is 8.85. The maximum Gasteiger partial charge on any atom is 0.305 e. The molecule has 0 spiro atoms. The van der Waals surface area contributed by atoms with E-state index in [2.05, 4.69) is 6.92 Å². The molecule has 0 aliphatic carbocycles. The first-order valence-electron chi connectivity index (χ1n) is 4.96. The van der Waals surface area contributed by atoms with Crippen molar-refractivity contribution in [3.05, 3.63) is 0 Å². The first kappa shape index (κ1) is 14.0. The third-order valence-corrected chi connectivity index (χ3v) is 1.29. The molecule has 0 saturated heterocycles. The Morgan fingerprint density at radius 1 is 1.17 bits per heavy atom. The molecule has 0 aromatic rings. The number of unbranched alkanes of at least 4 members (excludes halogenated alkanes) is 2. The molecule has 0 N–H and O–H groups in total. The van der Waals surface area contributed by atoms with E-state index in [4.69, 9.17) is 4.74 Å². The number of ether oxygens (including phenoxy) is 1. The standard InChI is InChI=1S/C8H16O2.C2H6/c1-3-5-6-7-8(9)10-4-2;1-2/h3-7H2,1-2H3;1-2H3. The van der Waals surface area contributed by atoms with Crippen LogP contribution in [0.25, 0.3) is 0 Å². The summed E-state index contributed by atoms with van der Waals surface area (Å²) in [6, 6.07) is 0. The largest absolute Gasteiger partial charge is 0.466 e. The zero-order chi connectivity index (χ0) is 9.82. The van der Waals surface area contributed by atoms with Gasteiger partial charge in [-0.15, -0.1) is 0 Å². The van der Waals surface area contributed by atoms with Gasteiger partial charge in [0.2, 0.25) is 0 Å². The SMILES string of the molecule is CC.CCCCCC(=O)OCC. The third kappa shape index (κ3) is 12.2. The van der Waals surface area contributed by atoms with Crippen LogP contribution in [-0.4, -0.2) is 12.6 Å². The van der Waals surface area contributed by atoms with Gasteiger partial charge in [-0.3, -0.25) is 4.79 Å². The Morgan fingerprint density at radius 3 is 2.17 bits per heavy atom. The second kappa shape index (κ2) is 13.1. The van der Waals surface area contributed by atoms with E-state index in [-0.39, 0.29) is 5.97 Å². The molecule has 0 saturated carbocycles. The molecule has 0 bridgehead atoms. The second-order valence-corrected chi connectivity index (χ2v) is 2.26. The van der Waals surface area contributed by atoms with Crippen LogP contribution >= 0.6 is 0 Å². The van der Waals surface area contributed by atoms with Crippen LogP contribution in [0.15, 0.2) is 0 Å². The van der Waals surface area contributed by atoms with Crippen molar-refractivity contribution >= 4 is 5.97 Å². The lowest BCUT2D eigenvalue weighted by Gasteiger charge is -1.99. The minimum atomic E-state index is -0.0593. The minimum Gasteiger partial charge on any atom is -0.466 e. The summed E-state index contributed by atoms with van der Waals surface area (Å²) in [5.41, 5.74) is 0. The van der Waals surface area contributed by atoms with Crippen molar-refractivity contribution in [1.29, 1.82) is 0 Å². The Bertz CT molecular complexity index is 89.8. The normalized spacial score (nSPS) is 8.33. The van der Waals surface area contributed by atoms with Crippen molar-refractivity contribution in [3.8, 4) is 0 Å². The average Bonchev–Trinajstić information content (AvgIpc) is 2.09. The number of esters is 1. The Morgan fingerprint density at radius 2 is 1.75 bits per heavy atom. The molecule has 12 heavy (non-hydrogen) atoms. The summed E-state index contributed by atoms with van der Waals surface area (Å²) in [5, 5.41) is 0. The highest BCUT2D eigenvalue weighted by Crippen LogP contribution is 1.99. The summed E-state index contributed by atoms with van der Waals surface area (Å²) in [4.78, 5) is 10.7. The van der Waals surface area contributed by atoms with Crippen molar-refractivity contribution in [2.45, 2.75) is 53.4 Å². The first-order chi connectivity index (χ1) is 5.81. The Kier molecular flexibility index (Phi) is 15.3.